The monoisotopic (exact) mass is 1150 g/mol. The molecule has 0 saturated carbocycles. The maximum absolute atomic E-state index is 12.4. The van der Waals surface area contributed by atoms with Gasteiger partial charge in [-0.25, -0.2) is 0 Å². The number of ether oxygens (including phenoxy) is 2. The molecule has 0 radical (unpaired) electrons. The van der Waals surface area contributed by atoms with Crippen LogP contribution in [0.25, 0.3) is 0 Å². The van der Waals surface area contributed by atoms with Gasteiger partial charge in [-0.2, -0.15) is 0 Å². The Kier molecular flexibility index (Phi) is 70.2. The van der Waals surface area contributed by atoms with E-state index in [1.54, 1.807) is 0 Å². The topological polar surface area (TPSA) is 72.8 Å². The lowest BCUT2D eigenvalue weighted by Crippen LogP contribution is -2.28. The number of esters is 2. The van der Waals surface area contributed by atoms with Gasteiger partial charge in [-0.05, 0) is 83.5 Å². The van der Waals surface area contributed by atoms with Gasteiger partial charge in [-0.15, -0.1) is 0 Å². The van der Waals surface area contributed by atoms with E-state index in [4.69, 9.17) is 9.47 Å². The van der Waals surface area contributed by atoms with Gasteiger partial charge in [0, 0.05) is 12.8 Å². The van der Waals surface area contributed by atoms with E-state index in [0.29, 0.717) is 12.8 Å². The van der Waals surface area contributed by atoms with Crippen molar-refractivity contribution >= 4 is 11.9 Å². The summed E-state index contributed by atoms with van der Waals surface area (Å²) in [7, 11) is 0. The van der Waals surface area contributed by atoms with Crippen molar-refractivity contribution in [1.82, 2.24) is 0 Å². The third-order valence-electron chi connectivity index (χ3n) is 16.5. The lowest BCUT2D eigenvalue weighted by atomic mass is 10.0. The first-order valence-electron chi connectivity index (χ1n) is 36.5. The summed E-state index contributed by atoms with van der Waals surface area (Å²) < 4.78 is 10.8. The van der Waals surface area contributed by atoms with Crippen molar-refractivity contribution in [2.45, 2.75) is 392 Å². The van der Waals surface area contributed by atoms with Crippen LogP contribution in [0.15, 0.2) is 72.9 Å². The van der Waals surface area contributed by atoms with E-state index in [0.717, 1.165) is 70.6 Å². The minimum atomic E-state index is -0.775. The maximum Gasteiger partial charge on any atom is 0.306 e. The first-order valence-corrected chi connectivity index (χ1v) is 36.5. The van der Waals surface area contributed by atoms with Gasteiger partial charge in [0.05, 0.1) is 6.61 Å². The molecule has 0 aromatic heterocycles. The number of carbonyl (C=O) groups is 2. The maximum atomic E-state index is 12.4. The van der Waals surface area contributed by atoms with Crippen molar-refractivity contribution < 1.29 is 24.2 Å². The smallest absolute Gasteiger partial charge is 0.306 e. The van der Waals surface area contributed by atoms with Gasteiger partial charge in [-0.3, -0.25) is 9.59 Å². The lowest BCUT2D eigenvalue weighted by molar-refractivity contribution is -0.161. The number of rotatable bonds is 68. The van der Waals surface area contributed by atoms with Gasteiger partial charge in [0.25, 0.3) is 0 Å². The van der Waals surface area contributed by atoms with Crippen molar-refractivity contribution in [1.29, 1.82) is 0 Å². The molecule has 1 unspecified atom stereocenters. The number of aliphatic hydroxyl groups excluding tert-OH is 1. The van der Waals surface area contributed by atoms with Gasteiger partial charge >= 0.3 is 11.9 Å². The number of allylic oxidation sites excluding steroid dienone is 12. The van der Waals surface area contributed by atoms with Crippen molar-refractivity contribution in [2.24, 2.45) is 0 Å². The van der Waals surface area contributed by atoms with Crippen molar-refractivity contribution in [3.05, 3.63) is 72.9 Å². The number of aliphatic hydroxyl groups is 1. The largest absolute Gasteiger partial charge is 0.462 e. The molecule has 0 aliphatic rings. The Morgan fingerprint density at radius 2 is 0.524 bits per heavy atom. The predicted octanol–water partition coefficient (Wildman–Crippen LogP) is 25.4. The molecule has 478 valence electrons. The third-order valence-corrected chi connectivity index (χ3v) is 16.5. The molecule has 0 rings (SSSR count). The lowest BCUT2D eigenvalue weighted by Gasteiger charge is -2.15. The van der Waals surface area contributed by atoms with Gasteiger partial charge in [-0.1, -0.05) is 363 Å². The van der Waals surface area contributed by atoms with Crippen LogP contribution in [-0.2, 0) is 19.1 Å². The van der Waals surface area contributed by atoms with Crippen molar-refractivity contribution in [3.8, 4) is 0 Å². The van der Waals surface area contributed by atoms with Gasteiger partial charge in [0.1, 0.15) is 6.61 Å². The zero-order chi connectivity index (χ0) is 59.1. The van der Waals surface area contributed by atoms with Crippen LogP contribution in [0.5, 0.6) is 0 Å². The fourth-order valence-corrected chi connectivity index (χ4v) is 11.1. The first-order chi connectivity index (χ1) is 40.6. The highest BCUT2D eigenvalue weighted by molar-refractivity contribution is 5.70. The summed E-state index contributed by atoms with van der Waals surface area (Å²) in [6, 6.07) is 0. The van der Waals surface area contributed by atoms with E-state index in [1.807, 2.05) is 0 Å². The highest BCUT2D eigenvalue weighted by Gasteiger charge is 2.16. The van der Waals surface area contributed by atoms with Crippen LogP contribution >= 0.6 is 0 Å². The predicted molar refractivity (Wildman–Crippen MR) is 362 cm³/mol. The molecular formula is C77H140O5. The van der Waals surface area contributed by atoms with Gasteiger partial charge in [0.15, 0.2) is 6.10 Å². The molecule has 1 N–H and O–H groups in total. The molecule has 82 heavy (non-hydrogen) atoms. The Bertz CT molecular complexity index is 1440. The molecule has 0 aliphatic carbocycles. The molecule has 0 heterocycles. The summed E-state index contributed by atoms with van der Waals surface area (Å²) in [6.07, 6.45) is 101. The molecule has 0 aliphatic heterocycles. The van der Waals surface area contributed by atoms with Crippen LogP contribution in [0.4, 0.5) is 0 Å². The van der Waals surface area contributed by atoms with Crippen molar-refractivity contribution in [2.75, 3.05) is 13.2 Å². The van der Waals surface area contributed by atoms with E-state index in [2.05, 4.69) is 86.8 Å². The zero-order valence-corrected chi connectivity index (χ0v) is 55.0. The summed E-state index contributed by atoms with van der Waals surface area (Å²) in [5, 5.41) is 9.71. The number of carbonyl (C=O) groups excluding carboxylic acids is 2. The second kappa shape index (κ2) is 72.6. The number of hydrogen-bond donors (Lipinski definition) is 1. The second-order valence-corrected chi connectivity index (χ2v) is 24.6. The third kappa shape index (κ3) is 69.8. The SMILES string of the molecule is CC/C=C\C/C=C\C/C=C\C/C=C\C/C=C\CCCCCCCCCCCCCCCC(=O)OC(CO)COC(=O)CCCCCCCCCCCCCCCCCCCCCCCCCCCCC/C=C\CCCCCCCCCC. The average Bonchev–Trinajstić information content (AvgIpc) is 3.49. The summed E-state index contributed by atoms with van der Waals surface area (Å²) >= 11 is 0. The summed E-state index contributed by atoms with van der Waals surface area (Å²) in [5.41, 5.74) is 0. The van der Waals surface area contributed by atoms with E-state index in [-0.39, 0.29) is 25.2 Å². The van der Waals surface area contributed by atoms with Crippen LogP contribution in [0.2, 0.25) is 0 Å². The van der Waals surface area contributed by atoms with Crippen LogP contribution in [0.3, 0.4) is 0 Å². The Hall–Kier alpha value is -2.66. The Balaban J connectivity index is 3.39. The molecule has 1 atom stereocenters. The summed E-state index contributed by atoms with van der Waals surface area (Å²) in [5.74, 6) is -0.575. The van der Waals surface area contributed by atoms with Gasteiger partial charge < -0.3 is 14.6 Å². The average molecular weight is 1150 g/mol. The standard InChI is InChI=1S/C77H140O5/c1-3-5-7-9-11-13-15-17-19-21-23-25-27-29-31-33-34-35-36-37-38-39-40-41-42-44-45-47-49-51-53-55-57-59-61-63-65-67-69-71-76(79)81-74-75(73-78)82-77(80)72-70-68-66-64-62-60-58-56-54-52-50-48-46-43-32-30-28-26-24-22-20-18-16-14-12-10-8-6-4-2/h6,8,12,14,18,20-21,23-24,26,30,32,75,78H,3-5,7,9-11,13,15-17,19,22,25,27-29,31,33-74H2,1-2H3/b8-6-,14-12-,20-18-,23-21-,26-24-,32-30-. The molecule has 0 bridgehead atoms. The molecule has 5 heteroatoms. The van der Waals surface area contributed by atoms with Crippen LogP contribution in [0, 0.1) is 0 Å². The summed E-state index contributed by atoms with van der Waals surface area (Å²) in [4.78, 5) is 24.7. The summed E-state index contributed by atoms with van der Waals surface area (Å²) in [6.45, 7) is 4.07. The van der Waals surface area contributed by atoms with Crippen LogP contribution in [-0.4, -0.2) is 36.4 Å². The highest BCUT2D eigenvalue weighted by atomic mass is 16.6. The van der Waals surface area contributed by atoms with Gasteiger partial charge in [0.2, 0.25) is 0 Å². The zero-order valence-electron chi connectivity index (χ0n) is 55.0. The number of hydrogen-bond acceptors (Lipinski definition) is 5. The molecule has 0 saturated heterocycles. The molecule has 0 aromatic rings. The van der Waals surface area contributed by atoms with Crippen LogP contribution in [0.1, 0.15) is 386 Å². The Morgan fingerprint density at radius 3 is 0.805 bits per heavy atom. The molecular weight excluding hydrogens is 1000 g/mol. The molecule has 0 amide bonds. The molecule has 0 fully saturated rings. The van der Waals surface area contributed by atoms with E-state index in [1.165, 1.54) is 289 Å². The fourth-order valence-electron chi connectivity index (χ4n) is 11.1. The fraction of sp³-hybridized carbons (Fsp3) is 0.818. The van der Waals surface area contributed by atoms with E-state index in [9.17, 15) is 14.7 Å². The quantitative estimate of drug-likeness (QED) is 0.0373. The Morgan fingerprint density at radius 1 is 0.293 bits per heavy atom. The molecule has 0 aromatic carbocycles. The highest BCUT2D eigenvalue weighted by Crippen LogP contribution is 2.19. The first kappa shape index (κ1) is 79.3. The van der Waals surface area contributed by atoms with E-state index >= 15 is 0 Å². The Labute approximate surface area is 512 Å². The molecule has 0 spiro atoms. The normalized spacial score (nSPS) is 12.6. The van der Waals surface area contributed by atoms with E-state index < -0.39 is 6.10 Å². The minimum absolute atomic E-state index is 0.0638. The second-order valence-electron chi connectivity index (χ2n) is 24.6. The molecule has 5 nitrogen and oxygen atoms in total. The minimum Gasteiger partial charge on any atom is -0.462 e. The van der Waals surface area contributed by atoms with Crippen LogP contribution < -0.4 is 0 Å². The van der Waals surface area contributed by atoms with Crippen molar-refractivity contribution in [3.63, 3.8) is 0 Å². The number of unbranched alkanes of at least 4 members (excludes halogenated alkanes) is 48.